The molecule has 1 heterocycles. The Morgan fingerprint density at radius 2 is 2.10 bits per heavy atom. The van der Waals surface area contributed by atoms with Crippen molar-refractivity contribution in [2.45, 2.75) is 6.42 Å². The third-order valence-electron chi connectivity index (χ3n) is 3.43. The Hall–Kier alpha value is -1.88. The van der Waals surface area contributed by atoms with Crippen LogP contribution in [0, 0.1) is 5.82 Å². The van der Waals surface area contributed by atoms with E-state index in [9.17, 15) is 9.18 Å². The molecular weight excluding hydrogens is 323 g/mol. The Bertz CT molecular complexity index is 702. The highest BCUT2D eigenvalue weighted by Gasteiger charge is 2.27. The summed E-state index contributed by atoms with van der Waals surface area (Å²) in [4.78, 5) is 14.2. The van der Waals surface area contributed by atoms with E-state index >= 15 is 0 Å². The number of rotatable bonds is 1. The van der Waals surface area contributed by atoms with Gasteiger partial charge in [0.25, 0.3) is 5.91 Å². The van der Waals surface area contributed by atoms with Crippen molar-refractivity contribution in [3.63, 3.8) is 0 Å². The van der Waals surface area contributed by atoms with Gasteiger partial charge in [-0.3, -0.25) is 4.79 Å². The first-order valence-electron chi connectivity index (χ1n) is 6.22. The van der Waals surface area contributed by atoms with Gasteiger partial charge in [-0.2, -0.15) is 0 Å². The van der Waals surface area contributed by atoms with E-state index in [0.29, 0.717) is 17.8 Å². The number of anilines is 2. The van der Waals surface area contributed by atoms with Gasteiger partial charge < -0.3 is 10.6 Å². The number of hydrogen-bond donors (Lipinski definition) is 1. The van der Waals surface area contributed by atoms with E-state index < -0.39 is 5.82 Å². The molecule has 1 amide bonds. The van der Waals surface area contributed by atoms with Crippen LogP contribution in [0.1, 0.15) is 15.9 Å². The zero-order chi connectivity index (χ0) is 14.3. The Labute approximate surface area is 124 Å². The van der Waals surface area contributed by atoms with Crippen molar-refractivity contribution in [3.8, 4) is 0 Å². The number of nitrogen functional groups attached to an aromatic ring is 1. The number of benzene rings is 2. The van der Waals surface area contributed by atoms with Crippen molar-refractivity contribution in [1.82, 2.24) is 0 Å². The van der Waals surface area contributed by atoms with Gasteiger partial charge >= 0.3 is 0 Å². The number of nitrogens with zero attached hydrogens (tertiary/aromatic N) is 1. The number of amides is 1. The first-order chi connectivity index (χ1) is 9.58. The summed E-state index contributed by atoms with van der Waals surface area (Å²) in [7, 11) is 0. The van der Waals surface area contributed by atoms with Crippen LogP contribution in [0.4, 0.5) is 15.8 Å². The van der Waals surface area contributed by atoms with Gasteiger partial charge in [-0.1, -0.05) is 12.1 Å². The fourth-order valence-electron chi connectivity index (χ4n) is 2.42. The van der Waals surface area contributed by atoms with Crippen LogP contribution in [-0.4, -0.2) is 12.5 Å². The second-order valence-corrected chi connectivity index (χ2v) is 5.49. The maximum Gasteiger partial charge on any atom is 0.259 e. The maximum atomic E-state index is 13.5. The van der Waals surface area contributed by atoms with Crippen molar-refractivity contribution in [1.29, 1.82) is 0 Å². The normalized spacial score (nSPS) is 13.4. The molecule has 0 saturated heterocycles. The molecule has 0 saturated carbocycles. The van der Waals surface area contributed by atoms with E-state index in [4.69, 9.17) is 5.73 Å². The fourth-order valence-corrected chi connectivity index (χ4v) is 2.86. The summed E-state index contributed by atoms with van der Waals surface area (Å²) in [6.07, 6.45) is 0.786. The van der Waals surface area contributed by atoms with Crippen molar-refractivity contribution >= 4 is 33.2 Å². The van der Waals surface area contributed by atoms with Crippen LogP contribution < -0.4 is 10.6 Å². The Morgan fingerprint density at radius 1 is 1.30 bits per heavy atom. The second-order valence-electron chi connectivity index (χ2n) is 4.70. The number of hydrogen-bond acceptors (Lipinski definition) is 2. The van der Waals surface area contributed by atoms with Crippen LogP contribution >= 0.6 is 15.9 Å². The smallest absolute Gasteiger partial charge is 0.259 e. The Kier molecular flexibility index (Phi) is 3.22. The number of carbonyl (C=O) groups is 1. The first-order valence-corrected chi connectivity index (χ1v) is 7.01. The van der Waals surface area contributed by atoms with Crippen LogP contribution in [0.3, 0.4) is 0 Å². The predicted octanol–water partition coefficient (Wildman–Crippen LogP) is 3.37. The molecule has 2 aromatic rings. The van der Waals surface area contributed by atoms with Crippen LogP contribution in [0.25, 0.3) is 0 Å². The fraction of sp³-hybridized carbons (Fsp3) is 0.133. The van der Waals surface area contributed by atoms with Gasteiger partial charge in [0.2, 0.25) is 0 Å². The molecule has 2 N–H and O–H groups in total. The minimum absolute atomic E-state index is 0.197. The molecule has 2 aromatic carbocycles. The summed E-state index contributed by atoms with van der Waals surface area (Å²) in [5.74, 6) is -0.663. The van der Waals surface area contributed by atoms with Gasteiger partial charge in [0, 0.05) is 17.9 Å². The largest absolute Gasteiger partial charge is 0.399 e. The average molecular weight is 335 g/mol. The van der Waals surface area contributed by atoms with Crippen LogP contribution in [0.15, 0.2) is 40.9 Å². The molecule has 0 unspecified atom stereocenters. The lowest BCUT2D eigenvalue weighted by molar-refractivity contribution is 0.0988. The summed E-state index contributed by atoms with van der Waals surface area (Å²) in [6, 6.07) is 10.00. The second kappa shape index (κ2) is 4.90. The molecule has 3 rings (SSSR count). The zero-order valence-corrected chi connectivity index (χ0v) is 12.2. The summed E-state index contributed by atoms with van der Waals surface area (Å²) < 4.78 is 13.7. The molecule has 0 spiro atoms. The SMILES string of the molecule is Nc1ccc2c(c1)N(C(=O)c1cccc(F)c1Br)CC2. The summed E-state index contributed by atoms with van der Waals surface area (Å²) in [5, 5.41) is 0. The Balaban J connectivity index is 2.02. The highest BCUT2D eigenvalue weighted by atomic mass is 79.9. The Morgan fingerprint density at radius 3 is 2.90 bits per heavy atom. The lowest BCUT2D eigenvalue weighted by atomic mass is 10.1. The first kappa shape index (κ1) is 13.1. The van der Waals surface area contributed by atoms with E-state index in [-0.39, 0.29) is 10.4 Å². The van der Waals surface area contributed by atoms with E-state index in [2.05, 4.69) is 15.9 Å². The third kappa shape index (κ3) is 2.08. The third-order valence-corrected chi connectivity index (χ3v) is 4.24. The number of fused-ring (bicyclic) bond motifs is 1. The maximum absolute atomic E-state index is 13.5. The molecular formula is C15H12BrFN2O. The number of carbonyl (C=O) groups excluding carboxylic acids is 1. The monoisotopic (exact) mass is 334 g/mol. The summed E-state index contributed by atoms with van der Waals surface area (Å²) in [5.41, 5.74) is 8.61. The topological polar surface area (TPSA) is 46.3 Å². The van der Waals surface area contributed by atoms with Crippen LogP contribution in [0.5, 0.6) is 0 Å². The average Bonchev–Trinajstić information content (AvgIpc) is 2.84. The molecule has 102 valence electrons. The molecule has 5 heteroatoms. The number of nitrogens with two attached hydrogens (primary N) is 1. The minimum Gasteiger partial charge on any atom is -0.399 e. The van der Waals surface area contributed by atoms with E-state index in [0.717, 1.165) is 17.7 Å². The van der Waals surface area contributed by atoms with Crippen molar-refractivity contribution < 1.29 is 9.18 Å². The molecule has 3 nitrogen and oxygen atoms in total. The molecule has 1 aliphatic heterocycles. The molecule has 0 fully saturated rings. The molecule has 1 aliphatic rings. The highest BCUT2D eigenvalue weighted by Crippen LogP contribution is 2.32. The molecule has 0 radical (unpaired) electrons. The van der Waals surface area contributed by atoms with Gasteiger partial charge in [-0.05, 0) is 52.2 Å². The molecule has 0 aromatic heterocycles. The molecule has 0 aliphatic carbocycles. The van der Waals surface area contributed by atoms with Gasteiger partial charge in [-0.15, -0.1) is 0 Å². The quantitative estimate of drug-likeness (QED) is 0.812. The van der Waals surface area contributed by atoms with Crippen molar-refractivity contribution in [2.75, 3.05) is 17.2 Å². The number of halogens is 2. The van der Waals surface area contributed by atoms with Crippen molar-refractivity contribution in [3.05, 3.63) is 57.8 Å². The minimum atomic E-state index is -0.442. The van der Waals surface area contributed by atoms with Gasteiger partial charge in [-0.25, -0.2) is 4.39 Å². The summed E-state index contributed by atoms with van der Waals surface area (Å²) >= 11 is 3.14. The van der Waals surface area contributed by atoms with E-state index in [1.807, 2.05) is 12.1 Å². The standard InChI is InChI=1S/C15H12BrFN2O/c16-14-11(2-1-3-12(14)17)15(20)19-7-6-9-4-5-10(18)8-13(9)19/h1-5,8H,6-7,18H2. The van der Waals surface area contributed by atoms with Crippen LogP contribution in [-0.2, 0) is 6.42 Å². The van der Waals surface area contributed by atoms with Gasteiger partial charge in [0.1, 0.15) is 5.82 Å². The van der Waals surface area contributed by atoms with Crippen molar-refractivity contribution in [2.24, 2.45) is 0 Å². The predicted molar refractivity (Wildman–Crippen MR) is 80.3 cm³/mol. The van der Waals surface area contributed by atoms with E-state index in [1.165, 1.54) is 12.1 Å². The molecule has 20 heavy (non-hydrogen) atoms. The lowest BCUT2D eigenvalue weighted by Crippen LogP contribution is -2.29. The highest BCUT2D eigenvalue weighted by molar-refractivity contribution is 9.10. The molecule has 0 bridgehead atoms. The van der Waals surface area contributed by atoms with Crippen LogP contribution in [0.2, 0.25) is 0 Å². The van der Waals surface area contributed by atoms with Gasteiger partial charge in [0.05, 0.1) is 10.0 Å². The van der Waals surface area contributed by atoms with Gasteiger partial charge in [0.15, 0.2) is 0 Å². The molecule has 0 atom stereocenters. The zero-order valence-electron chi connectivity index (χ0n) is 10.6. The van der Waals surface area contributed by atoms with E-state index in [1.54, 1.807) is 17.0 Å². The lowest BCUT2D eigenvalue weighted by Gasteiger charge is -2.18. The summed E-state index contributed by atoms with van der Waals surface area (Å²) in [6.45, 7) is 0.584.